The number of methoxy groups -OCH3 is 1. The molecule has 0 heterocycles. The Kier molecular flexibility index (Phi) is 5.62. The molecule has 0 aromatic heterocycles. The Morgan fingerprint density at radius 2 is 2.05 bits per heavy atom. The molecule has 0 radical (unpaired) electrons. The van der Waals surface area contributed by atoms with Crippen molar-refractivity contribution in [1.29, 1.82) is 0 Å². The second kappa shape index (κ2) is 7.46. The van der Waals surface area contributed by atoms with Crippen LogP contribution < -0.4 is 15.8 Å². The summed E-state index contributed by atoms with van der Waals surface area (Å²) in [5.74, 6) is 1.57. The number of rotatable bonds is 8. The number of hydrogen-bond donors (Lipinski definition) is 2. The van der Waals surface area contributed by atoms with E-state index < -0.39 is 0 Å². The summed E-state index contributed by atoms with van der Waals surface area (Å²) in [4.78, 5) is 12.3. The van der Waals surface area contributed by atoms with Crippen molar-refractivity contribution in [3.05, 3.63) is 29.8 Å². The molecule has 21 heavy (non-hydrogen) atoms. The summed E-state index contributed by atoms with van der Waals surface area (Å²) in [6, 6.07) is 8.13. The number of nitrogens with two attached hydrogens (primary N) is 1. The van der Waals surface area contributed by atoms with Gasteiger partial charge in [-0.1, -0.05) is 19.1 Å². The zero-order valence-corrected chi connectivity index (χ0v) is 13.0. The summed E-state index contributed by atoms with van der Waals surface area (Å²) in [7, 11) is 1.66. The van der Waals surface area contributed by atoms with Crippen LogP contribution in [-0.2, 0) is 4.79 Å². The zero-order valence-electron chi connectivity index (χ0n) is 13.0. The van der Waals surface area contributed by atoms with E-state index in [0.717, 1.165) is 24.2 Å². The molecule has 1 aromatic rings. The zero-order chi connectivity index (χ0) is 15.2. The lowest BCUT2D eigenvalue weighted by atomic mass is 9.99. The molecule has 1 aromatic carbocycles. The van der Waals surface area contributed by atoms with Crippen molar-refractivity contribution >= 4 is 5.91 Å². The molecule has 3 N–H and O–H groups in total. The average molecular weight is 290 g/mol. The number of hydrogen-bond acceptors (Lipinski definition) is 3. The lowest BCUT2D eigenvalue weighted by Crippen LogP contribution is -2.34. The maximum atomic E-state index is 12.3. The van der Waals surface area contributed by atoms with Gasteiger partial charge in [-0.15, -0.1) is 0 Å². The molecular formula is C17H26N2O2. The first-order valence-corrected chi connectivity index (χ1v) is 7.80. The van der Waals surface area contributed by atoms with Crippen LogP contribution in [0, 0.1) is 11.8 Å². The number of ether oxygens (including phenoxy) is 1. The molecule has 2 rings (SSSR count). The molecule has 4 heteroatoms. The van der Waals surface area contributed by atoms with Crippen LogP contribution >= 0.6 is 0 Å². The number of nitrogens with one attached hydrogen (secondary N) is 1. The van der Waals surface area contributed by atoms with E-state index in [2.05, 4.69) is 5.32 Å². The van der Waals surface area contributed by atoms with Crippen molar-refractivity contribution in [3.63, 3.8) is 0 Å². The highest BCUT2D eigenvalue weighted by molar-refractivity contribution is 5.78. The molecular weight excluding hydrogens is 264 g/mol. The van der Waals surface area contributed by atoms with Gasteiger partial charge < -0.3 is 15.8 Å². The third-order valence-corrected chi connectivity index (χ3v) is 4.15. The molecule has 1 aliphatic rings. The van der Waals surface area contributed by atoms with E-state index in [1.54, 1.807) is 7.11 Å². The summed E-state index contributed by atoms with van der Waals surface area (Å²) < 4.78 is 5.19. The number of carbonyl (C=O) groups excluding carboxylic acids is 1. The molecule has 2 unspecified atom stereocenters. The lowest BCUT2D eigenvalue weighted by Gasteiger charge is -2.21. The molecule has 116 valence electrons. The molecule has 0 spiro atoms. The van der Waals surface area contributed by atoms with E-state index in [4.69, 9.17) is 10.5 Å². The average Bonchev–Trinajstić information content (AvgIpc) is 3.34. The Morgan fingerprint density at radius 1 is 1.38 bits per heavy atom. The predicted octanol–water partition coefficient (Wildman–Crippen LogP) is 2.64. The summed E-state index contributed by atoms with van der Waals surface area (Å²) in [6.07, 6.45) is 4.12. The minimum Gasteiger partial charge on any atom is -0.497 e. The molecule has 0 saturated heterocycles. The van der Waals surface area contributed by atoms with E-state index in [-0.39, 0.29) is 17.9 Å². The molecule has 4 nitrogen and oxygen atoms in total. The maximum absolute atomic E-state index is 12.3. The quantitative estimate of drug-likeness (QED) is 0.773. The van der Waals surface area contributed by atoms with Crippen molar-refractivity contribution < 1.29 is 9.53 Å². The minimum atomic E-state index is 0.0213. The van der Waals surface area contributed by atoms with Crippen LogP contribution in [0.15, 0.2) is 24.3 Å². The number of carbonyl (C=O) groups is 1. The largest absolute Gasteiger partial charge is 0.497 e. The highest BCUT2D eigenvalue weighted by atomic mass is 16.5. The Bertz CT molecular complexity index is 454. The van der Waals surface area contributed by atoms with Crippen molar-refractivity contribution in [2.24, 2.45) is 17.6 Å². The number of benzene rings is 1. The summed E-state index contributed by atoms with van der Waals surface area (Å²) in [5.41, 5.74) is 6.68. The SMILES string of the molecule is COc1ccc(C(NC(=O)C(C)CCCN)C2CC2)cc1. The van der Waals surface area contributed by atoms with Crippen molar-refractivity contribution in [2.45, 2.75) is 38.6 Å². The smallest absolute Gasteiger partial charge is 0.223 e. The van der Waals surface area contributed by atoms with E-state index in [9.17, 15) is 4.79 Å². The molecule has 1 saturated carbocycles. The van der Waals surface area contributed by atoms with Gasteiger partial charge in [-0.05, 0) is 55.8 Å². The molecule has 2 atom stereocenters. The second-order valence-corrected chi connectivity index (χ2v) is 5.93. The van der Waals surface area contributed by atoms with Crippen molar-refractivity contribution in [3.8, 4) is 5.75 Å². The van der Waals surface area contributed by atoms with Crippen LogP contribution in [-0.4, -0.2) is 19.6 Å². The lowest BCUT2D eigenvalue weighted by molar-refractivity contribution is -0.125. The fourth-order valence-corrected chi connectivity index (χ4v) is 2.56. The van der Waals surface area contributed by atoms with Crippen LogP contribution in [0.4, 0.5) is 0 Å². The van der Waals surface area contributed by atoms with E-state index in [0.29, 0.717) is 12.5 Å². The molecule has 1 fully saturated rings. The van der Waals surface area contributed by atoms with Crippen LogP contribution in [0.2, 0.25) is 0 Å². The van der Waals surface area contributed by atoms with Gasteiger partial charge in [0.1, 0.15) is 5.75 Å². The van der Waals surface area contributed by atoms with Gasteiger partial charge in [0.15, 0.2) is 0 Å². The summed E-state index contributed by atoms with van der Waals surface area (Å²) >= 11 is 0. The topological polar surface area (TPSA) is 64.3 Å². The fourth-order valence-electron chi connectivity index (χ4n) is 2.56. The first-order valence-electron chi connectivity index (χ1n) is 7.80. The van der Waals surface area contributed by atoms with Crippen LogP contribution in [0.5, 0.6) is 5.75 Å². The maximum Gasteiger partial charge on any atom is 0.223 e. The van der Waals surface area contributed by atoms with Gasteiger partial charge in [0.2, 0.25) is 5.91 Å². The normalized spacial score (nSPS) is 17.1. The molecule has 0 aliphatic heterocycles. The van der Waals surface area contributed by atoms with Gasteiger partial charge in [0.25, 0.3) is 0 Å². The summed E-state index contributed by atoms with van der Waals surface area (Å²) in [5, 5.41) is 3.22. The number of amides is 1. The Balaban J connectivity index is 2.00. The fraction of sp³-hybridized carbons (Fsp3) is 0.588. The predicted molar refractivity (Wildman–Crippen MR) is 84.1 cm³/mol. The highest BCUT2D eigenvalue weighted by Crippen LogP contribution is 2.41. The first kappa shape index (κ1) is 15.8. The van der Waals surface area contributed by atoms with E-state index in [1.807, 2.05) is 31.2 Å². The van der Waals surface area contributed by atoms with Gasteiger partial charge in [0, 0.05) is 5.92 Å². The van der Waals surface area contributed by atoms with Gasteiger partial charge in [-0.2, -0.15) is 0 Å². The van der Waals surface area contributed by atoms with Gasteiger partial charge in [0.05, 0.1) is 13.2 Å². The Hall–Kier alpha value is -1.55. The first-order chi connectivity index (χ1) is 10.2. The van der Waals surface area contributed by atoms with Gasteiger partial charge >= 0.3 is 0 Å². The van der Waals surface area contributed by atoms with Crippen molar-refractivity contribution in [2.75, 3.05) is 13.7 Å². The molecule has 0 bridgehead atoms. The Labute approximate surface area is 127 Å². The van der Waals surface area contributed by atoms with Gasteiger partial charge in [-0.3, -0.25) is 4.79 Å². The third kappa shape index (κ3) is 4.46. The Morgan fingerprint density at radius 3 is 2.57 bits per heavy atom. The molecule has 1 aliphatic carbocycles. The minimum absolute atomic E-state index is 0.0213. The second-order valence-electron chi connectivity index (χ2n) is 5.93. The van der Waals surface area contributed by atoms with Crippen LogP contribution in [0.3, 0.4) is 0 Å². The third-order valence-electron chi connectivity index (χ3n) is 4.15. The monoisotopic (exact) mass is 290 g/mol. The molecule has 1 amide bonds. The van der Waals surface area contributed by atoms with E-state index in [1.165, 1.54) is 12.8 Å². The van der Waals surface area contributed by atoms with Gasteiger partial charge in [-0.25, -0.2) is 0 Å². The van der Waals surface area contributed by atoms with E-state index >= 15 is 0 Å². The van der Waals surface area contributed by atoms with Crippen molar-refractivity contribution in [1.82, 2.24) is 5.32 Å². The van der Waals surface area contributed by atoms with Crippen LogP contribution in [0.1, 0.15) is 44.2 Å². The van der Waals surface area contributed by atoms with Crippen LogP contribution in [0.25, 0.3) is 0 Å². The summed E-state index contributed by atoms with van der Waals surface area (Å²) in [6.45, 7) is 2.62. The highest BCUT2D eigenvalue weighted by Gasteiger charge is 2.34. The standard InChI is InChI=1S/C17H26N2O2/c1-12(4-3-11-18)17(20)19-16(13-5-6-13)14-7-9-15(21-2)10-8-14/h7-10,12-13,16H,3-6,11,18H2,1-2H3,(H,19,20).